The van der Waals surface area contributed by atoms with Gasteiger partial charge in [-0.1, -0.05) is 158 Å². The second-order valence-corrected chi connectivity index (χ2v) is 12.9. The molecular weight excluding hydrogens is 637 g/mol. The molecule has 0 unspecified atom stereocenters. The van der Waals surface area contributed by atoms with Gasteiger partial charge in [0.2, 0.25) is 5.71 Å². The Bertz CT molecular complexity index is 2800. The van der Waals surface area contributed by atoms with Crippen molar-refractivity contribution in [2.75, 3.05) is 0 Å². The number of hydrogen-bond donors (Lipinski definition) is 0. The van der Waals surface area contributed by atoms with E-state index in [1.54, 1.807) is 0 Å². The predicted octanol–water partition coefficient (Wildman–Crippen LogP) is 12.0. The van der Waals surface area contributed by atoms with Crippen molar-refractivity contribution in [2.24, 2.45) is 0 Å². The van der Waals surface area contributed by atoms with Crippen molar-refractivity contribution in [2.45, 2.75) is 0 Å². The van der Waals surface area contributed by atoms with Crippen LogP contribution in [0.25, 0.3) is 95.3 Å². The van der Waals surface area contributed by atoms with E-state index < -0.39 is 0 Å². The Balaban J connectivity index is 1.10. The summed E-state index contributed by atoms with van der Waals surface area (Å²) in [7, 11) is 0. The minimum Gasteiger partial charge on any atom is -0.438 e. The Morgan fingerprint density at radius 1 is 0.346 bits per heavy atom. The van der Waals surface area contributed by atoms with Gasteiger partial charge in [0.05, 0.1) is 16.6 Å². The molecule has 10 aromatic rings. The van der Waals surface area contributed by atoms with Gasteiger partial charge in [0.25, 0.3) is 0 Å². The molecule has 0 amide bonds. The van der Waals surface area contributed by atoms with Crippen LogP contribution >= 0.6 is 0 Å². The van der Waals surface area contributed by atoms with Crippen LogP contribution in [-0.4, -0.2) is 19.4 Å². The third-order valence-corrected chi connectivity index (χ3v) is 9.69. The third-order valence-electron chi connectivity index (χ3n) is 9.69. The molecule has 0 spiro atoms. The molecular formula is C47H30N4O. The van der Waals surface area contributed by atoms with Gasteiger partial charge < -0.3 is 4.42 Å². The van der Waals surface area contributed by atoms with Crippen LogP contribution in [-0.2, 0) is 0 Å². The Hall–Kier alpha value is -7.11. The molecule has 0 fully saturated rings. The first-order valence-corrected chi connectivity index (χ1v) is 17.4. The molecule has 0 aliphatic carbocycles. The van der Waals surface area contributed by atoms with Crippen LogP contribution < -0.4 is 0 Å². The number of fused-ring (bicyclic) bond motifs is 5. The summed E-state index contributed by atoms with van der Waals surface area (Å²) in [4.78, 5) is 14.8. The van der Waals surface area contributed by atoms with Crippen LogP contribution in [0.4, 0.5) is 0 Å². The highest BCUT2D eigenvalue weighted by atomic mass is 16.3. The molecule has 244 valence electrons. The molecule has 0 saturated heterocycles. The van der Waals surface area contributed by atoms with Crippen LogP contribution in [0.15, 0.2) is 186 Å². The SMILES string of the molecule is c1ccc(-c2ccc(-c3ccc4c(c3)c(-c3ccc(-c5nc(-c6ccccc6)nc(-c6ccccc6)n5)cc3)c3oc5ccccc5n34)cc2)cc1. The molecule has 0 aliphatic rings. The molecule has 0 radical (unpaired) electrons. The van der Waals surface area contributed by atoms with E-state index in [4.69, 9.17) is 19.4 Å². The summed E-state index contributed by atoms with van der Waals surface area (Å²) in [5.74, 6) is 1.90. The topological polar surface area (TPSA) is 56.2 Å². The van der Waals surface area contributed by atoms with Gasteiger partial charge in [-0.05, 0) is 52.1 Å². The predicted molar refractivity (Wildman–Crippen MR) is 211 cm³/mol. The molecule has 5 nitrogen and oxygen atoms in total. The molecule has 5 heteroatoms. The summed E-state index contributed by atoms with van der Waals surface area (Å²) in [5.41, 5.74) is 13.4. The molecule has 0 saturated carbocycles. The third kappa shape index (κ3) is 5.15. The average Bonchev–Trinajstić information content (AvgIpc) is 3.76. The van der Waals surface area contributed by atoms with Gasteiger partial charge in [-0.3, -0.25) is 4.40 Å². The summed E-state index contributed by atoms with van der Waals surface area (Å²) in [6.07, 6.45) is 0. The van der Waals surface area contributed by atoms with Crippen molar-refractivity contribution < 1.29 is 4.42 Å². The highest BCUT2D eigenvalue weighted by molar-refractivity contribution is 6.08. The van der Waals surface area contributed by atoms with E-state index in [2.05, 4.69) is 108 Å². The minimum atomic E-state index is 0.621. The van der Waals surface area contributed by atoms with Crippen molar-refractivity contribution in [1.82, 2.24) is 19.4 Å². The van der Waals surface area contributed by atoms with Gasteiger partial charge in [0.15, 0.2) is 23.1 Å². The number of oxazole rings is 1. The summed E-state index contributed by atoms with van der Waals surface area (Å²) < 4.78 is 8.84. The van der Waals surface area contributed by atoms with Gasteiger partial charge in [0.1, 0.15) is 0 Å². The van der Waals surface area contributed by atoms with Crippen LogP contribution in [0, 0.1) is 0 Å². The maximum absolute atomic E-state index is 6.61. The molecule has 3 heterocycles. The zero-order valence-corrected chi connectivity index (χ0v) is 28.0. The summed E-state index contributed by atoms with van der Waals surface area (Å²) in [5, 5.41) is 1.12. The summed E-state index contributed by atoms with van der Waals surface area (Å²) >= 11 is 0. The van der Waals surface area contributed by atoms with Crippen molar-refractivity contribution in [1.29, 1.82) is 0 Å². The monoisotopic (exact) mass is 666 g/mol. The van der Waals surface area contributed by atoms with Crippen LogP contribution in [0.3, 0.4) is 0 Å². The molecule has 3 aromatic heterocycles. The lowest BCUT2D eigenvalue weighted by Gasteiger charge is -2.09. The Labute approximate surface area is 300 Å². The number of benzene rings is 7. The highest BCUT2D eigenvalue weighted by Crippen LogP contribution is 2.41. The van der Waals surface area contributed by atoms with Crippen LogP contribution in [0.5, 0.6) is 0 Å². The molecule has 7 aromatic carbocycles. The smallest absolute Gasteiger partial charge is 0.213 e. The molecule has 0 bridgehead atoms. The van der Waals surface area contributed by atoms with E-state index in [0.29, 0.717) is 17.5 Å². The Morgan fingerprint density at radius 2 is 0.769 bits per heavy atom. The standard InChI is InChI=1S/C47H30N4O/c1-4-12-31(13-5-1)32-20-22-33(23-21-32)38-28-29-40-39(30-38)43(47-51(40)41-18-10-11-19-42(41)52-47)34-24-26-37(27-25-34)46-49-44(35-14-6-2-7-15-35)48-45(50-46)36-16-8-3-9-17-36/h1-30H. The fourth-order valence-corrected chi connectivity index (χ4v) is 7.10. The number of aromatic nitrogens is 4. The molecule has 0 N–H and O–H groups in total. The number of para-hydroxylation sites is 2. The Morgan fingerprint density at radius 3 is 1.37 bits per heavy atom. The molecule has 52 heavy (non-hydrogen) atoms. The van der Waals surface area contributed by atoms with Gasteiger partial charge in [-0.2, -0.15) is 0 Å². The summed E-state index contributed by atoms with van der Waals surface area (Å²) in [6.45, 7) is 0. The first kappa shape index (κ1) is 29.8. The van der Waals surface area contributed by atoms with Crippen molar-refractivity contribution >= 4 is 27.7 Å². The van der Waals surface area contributed by atoms with E-state index in [0.717, 1.165) is 66.7 Å². The van der Waals surface area contributed by atoms with Crippen molar-refractivity contribution in [3.8, 4) is 67.5 Å². The molecule has 0 aliphatic heterocycles. The lowest BCUT2D eigenvalue weighted by molar-refractivity contribution is 0.658. The second kappa shape index (κ2) is 12.3. The quantitative estimate of drug-likeness (QED) is 0.177. The first-order valence-electron chi connectivity index (χ1n) is 17.4. The van der Waals surface area contributed by atoms with Gasteiger partial charge in [-0.15, -0.1) is 0 Å². The number of nitrogens with zero attached hydrogens (tertiary/aromatic N) is 4. The zero-order chi connectivity index (χ0) is 34.4. The second-order valence-electron chi connectivity index (χ2n) is 12.9. The van der Waals surface area contributed by atoms with Gasteiger partial charge in [0, 0.05) is 22.1 Å². The number of hydrogen-bond acceptors (Lipinski definition) is 4. The fraction of sp³-hybridized carbons (Fsp3) is 0. The van der Waals surface area contributed by atoms with E-state index in [1.165, 1.54) is 11.1 Å². The van der Waals surface area contributed by atoms with E-state index in [9.17, 15) is 0 Å². The summed E-state index contributed by atoms with van der Waals surface area (Å²) in [6, 6.07) is 62.8. The normalized spacial score (nSPS) is 11.5. The van der Waals surface area contributed by atoms with Gasteiger partial charge in [-0.25, -0.2) is 15.0 Å². The molecule has 10 rings (SSSR count). The van der Waals surface area contributed by atoms with Crippen molar-refractivity contribution in [3.05, 3.63) is 182 Å². The number of rotatable bonds is 6. The zero-order valence-electron chi connectivity index (χ0n) is 28.0. The fourth-order valence-electron chi connectivity index (χ4n) is 7.10. The average molecular weight is 667 g/mol. The maximum Gasteiger partial charge on any atom is 0.213 e. The maximum atomic E-state index is 6.61. The lowest BCUT2D eigenvalue weighted by atomic mass is 9.97. The largest absolute Gasteiger partial charge is 0.438 e. The first-order chi connectivity index (χ1) is 25.8. The van der Waals surface area contributed by atoms with Crippen LogP contribution in [0.2, 0.25) is 0 Å². The van der Waals surface area contributed by atoms with Crippen LogP contribution in [0.1, 0.15) is 0 Å². The van der Waals surface area contributed by atoms with E-state index >= 15 is 0 Å². The minimum absolute atomic E-state index is 0.621. The van der Waals surface area contributed by atoms with E-state index in [1.807, 2.05) is 78.9 Å². The highest BCUT2D eigenvalue weighted by Gasteiger charge is 2.21. The van der Waals surface area contributed by atoms with Crippen molar-refractivity contribution in [3.63, 3.8) is 0 Å². The van der Waals surface area contributed by atoms with E-state index in [-0.39, 0.29) is 0 Å². The lowest BCUT2D eigenvalue weighted by Crippen LogP contribution is -2.00. The van der Waals surface area contributed by atoms with Gasteiger partial charge >= 0.3 is 0 Å². The Kier molecular flexibility index (Phi) is 7.07. The molecule has 0 atom stereocenters.